The van der Waals surface area contributed by atoms with Gasteiger partial charge < -0.3 is 14.4 Å². The number of carbonyl (C=O) groups excluding carboxylic acids is 2. The zero-order chi connectivity index (χ0) is 21.8. The fourth-order valence-corrected chi connectivity index (χ4v) is 4.03. The van der Waals surface area contributed by atoms with Gasteiger partial charge in [0.05, 0.1) is 19.9 Å². The van der Waals surface area contributed by atoms with Crippen molar-refractivity contribution >= 4 is 17.6 Å². The molecule has 7 heteroatoms. The Kier molecular flexibility index (Phi) is 6.02. The lowest BCUT2D eigenvalue weighted by molar-refractivity contribution is 0.0549. The first-order valence-corrected chi connectivity index (χ1v) is 10.3. The third kappa shape index (κ3) is 3.91. The molecule has 1 aliphatic rings. The number of hydrogen-bond donors (Lipinski definition) is 0. The average Bonchev–Trinajstić information content (AvgIpc) is 3.24. The van der Waals surface area contributed by atoms with Crippen LogP contribution in [0.2, 0.25) is 0 Å². The minimum Gasteiger partial charge on any atom is -0.465 e. The van der Waals surface area contributed by atoms with E-state index in [9.17, 15) is 9.59 Å². The van der Waals surface area contributed by atoms with Gasteiger partial charge in [0, 0.05) is 24.3 Å². The summed E-state index contributed by atoms with van der Waals surface area (Å²) in [4.78, 5) is 28.0. The summed E-state index contributed by atoms with van der Waals surface area (Å²) in [6.07, 6.45) is 3.44. The van der Waals surface area contributed by atoms with E-state index < -0.39 is 11.9 Å². The first kappa shape index (κ1) is 20.7. The van der Waals surface area contributed by atoms with Gasteiger partial charge in [-0.25, -0.2) is 14.3 Å². The number of esters is 2. The monoisotopic (exact) mass is 419 g/mol. The van der Waals surface area contributed by atoms with Gasteiger partial charge in [0.15, 0.2) is 5.69 Å². The van der Waals surface area contributed by atoms with E-state index in [4.69, 9.17) is 14.6 Å². The largest absolute Gasteiger partial charge is 0.465 e. The van der Waals surface area contributed by atoms with E-state index in [1.807, 2.05) is 54.6 Å². The normalized spacial score (nSPS) is 13.7. The van der Waals surface area contributed by atoms with E-state index in [1.165, 1.54) is 25.3 Å². The molecule has 0 atom stereocenters. The van der Waals surface area contributed by atoms with E-state index in [0.29, 0.717) is 11.4 Å². The van der Waals surface area contributed by atoms with Crippen LogP contribution in [-0.2, 0) is 9.47 Å². The molecule has 31 heavy (non-hydrogen) atoms. The molecule has 0 saturated carbocycles. The lowest BCUT2D eigenvalue weighted by Crippen LogP contribution is -2.29. The highest BCUT2D eigenvalue weighted by atomic mass is 16.5. The van der Waals surface area contributed by atoms with Crippen molar-refractivity contribution in [3.63, 3.8) is 0 Å². The van der Waals surface area contributed by atoms with E-state index in [0.717, 1.165) is 37.2 Å². The number of carbonyl (C=O) groups is 2. The Bertz CT molecular complexity index is 1090. The topological polar surface area (TPSA) is 73.7 Å². The summed E-state index contributed by atoms with van der Waals surface area (Å²) in [5.74, 6) is -1.29. The summed E-state index contributed by atoms with van der Waals surface area (Å²) in [5, 5.41) is 4.73. The number of piperidine rings is 1. The van der Waals surface area contributed by atoms with Crippen LogP contribution in [0, 0.1) is 0 Å². The zero-order valence-corrected chi connectivity index (χ0v) is 17.7. The van der Waals surface area contributed by atoms with Crippen LogP contribution in [-0.4, -0.2) is 49.0 Å². The van der Waals surface area contributed by atoms with Gasteiger partial charge in [0.2, 0.25) is 0 Å². The molecule has 0 bridgehead atoms. The molecule has 3 aromatic rings. The smallest absolute Gasteiger partial charge is 0.357 e. The molecule has 0 amide bonds. The quantitative estimate of drug-likeness (QED) is 0.580. The second-order valence-corrected chi connectivity index (χ2v) is 7.37. The summed E-state index contributed by atoms with van der Waals surface area (Å²) in [6, 6.07) is 17.0. The standard InChI is InChI=1S/C24H25N3O4/c1-30-23(28)20-21(18-13-7-8-14-19(18)26-15-9-4-10-16-26)25-27(22(20)24(29)31-2)17-11-5-3-6-12-17/h3,5-8,11-14H,4,9-10,15-16H2,1-2H3. The number of ether oxygens (including phenoxy) is 2. The third-order valence-corrected chi connectivity index (χ3v) is 5.51. The maximum absolute atomic E-state index is 12.9. The fourth-order valence-electron chi connectivity index (χ4n) is 4.03. The Morgan fingerprint density at radius 2 is 1.48 bits per heavy atom. The molecule has 160 valence electrons. The van der Waals surface area contributed by atoms with Gasteiger partial charge in [-0.15, -0.1) is 0 Å². The summed E-state index contributed by atoms with van der Waals surface area (Å²) < 4.78 is 11.5. The minimum atomic E-state index is -0.654. The highest BCUT2D eigenvalue weighted by molar-refractivity contribution is 6.07. The van der Waals surface area contributed by atoms with Crippen LogP contribution in [0.3, 0.4) is 0 Å². The molecule has 2 aromatic carbocycles. The maximum atomic E-state index is 12.9. The fraction of sp³-hybridized carbons (Fsp3) is 0.292. The molecule has 0 aliphatic carbocycles. The first-order chi connectivity index (χ1) is 15.2. The molecule has 1 fully saturated rings. The van der Waals surface area contributed by atoms with Crippen LogP contribution < -0.4 is 4.90 Å². The van der Waals surface area contributed by atoms with Crippen molar-refractivity contribution in [2.75, 3.05) is 32.2 Å². The first-order valence-electron chi connectivity index (χ1n) is 10.3. The second kappa shape index (κ2) is 9.04. The van der Waals surface area contributed by atoms with E-state index in [1.54, 1.807) is 0 Å². The van der Waals surface area contributed by atoms with Gasteiger partial charge in [-0.2, -0.15) is 5.10 Å². The third-order valence-electron chi connectivity index (χ3n) is 5.51. The lowest BCUT2D eigenvalue weighted by atomic mass is 10.0. The van der Waals surface area contributed by atoms with Gasteiger partial charge in [0.25, 0.3) is 0 Å². The summed E-state index contributed by atoms with van der Waals surface area (Å²) in [7, 11) is 2.58. The van der Waals surface area contributed by atoms with Crippen molar-refractivity contribution in [1.29, 1.82) is 0 Å². The number of anilines is 1. The number of aromatic nitrogens is 2. The molecule has 1 saturated heterocycles. The molecule has 2 heterocycles. The SMILES string of the molecule is COC(=O)c1c(-c2ccccc2N2CCCCC2)nn(-c2ccccc2)c1C(=O)OC. The number of para-hydroxylation sites is 2. The Morgan fingerprint density at radius 3 is 2.16 bits per heavy atom. The Morgan fingerprint density at radius 1 is 0.839 bits per heavy atom. The Labute approximate surface area is 181 Å². The lowest BCUT2D eigenvalue weighted by Gasteiger charge is -2.30. The van der Waals surface area contributed by atoms with Crippen molar-refractivity contribution in [3.8, 4) is 16.9 Å². The molecule has 1 aromatic heterocycles. The summed E-state index contributed by atoms with van der Waals surface area (Å²) in [6.45, 7) is 1.88. The van der Waals surface area contributed by atoms with Crippen molar-refractivity contribution in [2.45, 2.75) is 19.3 Å². The summed E-state index contributed by atoms with van der Waals surface area (Å²) >= 11 is 0. The van der Waals surface area contributed by atoms with Crippen LogP contribution in [0.25, 0.3) is 16.9 Å². The van der Waals surface area contributed by atoms with E-state index in [2.05, 4.69) is 4.90 Å². The summed E-state index contributed by atoms with van der Waals surface area (Å²) in [5.41, 5.74) is 2.96. The molecule has 0 spiro atoms. The average molecular weight is 419 g/mol. The molecule has 0 unspecified atom stereocenters. The van der Waals surface area contributed by atoms with Crippen LogP contribution >= 0.6 is 0 Å². The van der Waals surface area contributed by atoms with E-state index >= 15 is 0 Å². The van der Waals surface area contributed by atoms with Gasteiger partial charge in [0.1, 0.15) is 11.3 Å². The van der Waals surface area contributed by atoms with Crippen LogP contribution in [0.15, 0.2) is 54.6 Å². The van der Waals surface area contributed by atoms with Gasteiger partial charge in [-0.3, -0.25) is 0 Å². The molecule has 7 nitrogen and oxygen atoms in total. The van der Waals surface area contributed by atoms with Crippen LogP contribution in [0.5, 0.6) is 0 Å². The molecule has 4 rings (SSSR count). The Hall–Kier alpha value is -3.61. The van der Waals surface area contributed by atoms with E-state index in [-0.39, 0.29) is 11.3 Å². The Balaban J connectivity index is 1.98. The zero-order valence-electron chi connectivity index (χ0n) is 17.7. The van der Waals surface area contributed by atoms with Crippen molar-refractivity contribution in [3.05, 3.63) is 65.9 Å². The highest BCUT2D eigenvalue weighted by Crippen LogP contribution is 2.36. The van der Waals surface area contributed by atoms with Crippen LogP contribution in [0.1, 0.15) is 40.1 Å². The van der Waals surface area contributed by atoms with Crippen molar-refractivity contribution in [1.82, 2.24) is 9.78 Å². The predicted molar refractivity (Wildman–Crippen MR) is 118 cm³/mol. The molecular weight excluding hydrogens is 394 g/mol. The molecule has 0 radical (unpaired) electrons. The van der Waals surface area contributed by atoms with Gasteiger partial charge >= 0.3 is 11.9 Å². The maximum Gasteiger partial charge on any atom is 0.357 e. The molecular formula is C24H25N3O4. The van der Waals surface area contributed by atoms with Crippen LogP contribution in [0.4, 0.5) is 5.69 Å². The predicted octanol–water partition coefficient (Wildman–Crippen LogP) is 4.10. The minimum absolute atomic E-state index is 0.0454. The van der Waals surface area contributed by atoms with Gasteiger partial charge in [-0.05, 0) is 37.5 Å². The number of hydrogen-bond acceptors (Lipinski definition) is 6. The van der Waals surface area contributed by atoms with Crippen molar-refractivity contribution in [2.24, 2.45) is 0 Å². The number of methoxy groups -OCH3 is 2. The van der Waals surface area contributed by atoms with Crippen molar-refractivity contribution < 1.29 is 19.1 Å². The highest BCUT2D eigenvalue weighted by Gasteiger charge is 2.32. The molecule has 0 N–H and O–H groups in total. The van der Waals surface area contributed by atoms with Gasteiger partial charge in [-0.1, -0.05) is 36.4 Å². The number of rotatable bonds is 5. The second-order valence-electron chi connectivity index (χ2n) is 7.37. The number of nitrogens with zero attached hydrogens (tertiary/aromatic N) is 3. The molecule has 1 aliphatic heterocycles. The number of benzene rings is 2.